The number of carbonyl (C=O) groups is 1. The van der Waals surface area contributed by atoms with E-state index in [1.165, 1.54) is 37.2 Å². The summed E-state index contributed by atoms with van der Waals surface area (Å²) in [5, 5.41) is 3.41. The molecule has 2 aliphatic carbocycles. The Labute approximate surface area is 179 Å². The molecule has 160 valence electrons. The van der Waals surface area contributed by atoms with Crippen LogP contribution in [-0.2, 0) is 9.53 Å². The zero-order valence-corrected chi connectivity index (χ0v) is 19.3. The van der Waals surface area contributed by atoms with Crippen molar-refractivity contribution >= 4 is 29.4 Å². The molecule has 0 aromatic heterocycles. The first-order chi connectivity index (χ1) is 13.7. The zero-order valence-electron chi connectivity index (χ0n) is 17.7. The first kappa shape index (κ1) is 21.3. The summed E-state index contributed by atoms with van der Waals surface area (Å²) in [7, 11) is 0. The van der Waals surface area contributed by atoms with Crippen LogP contribution in [0.4, 0.5) is 0 Å². The molecule has 6 heteroatoms. The lowest BCUT2D eigenvalue weighted by atomic mass is 9.79. The third-order valence-corrected chi connectivity index (χ3v) is 11.9. The van der Waals surface area contributed by atoms with Gasteiger partial charge in [-0.2, -0.15) is 0 Å². The molecule has 1 unspecified atom stereocenters. The first-order valence-electron chi connectivity index (χ1n) is 11.5. The summed E-state index contributed by atoms with van der Waals surface area (Å²) in [5.41, 5.74) is 0. The topological polar surface area (TPSA) is 41.6 Å². The summed E-state index contributed by atoms with van der Waals surface area (Å²) in [6, 6.07) is 0.454. The van der Waals surface area contributed by atoms with E-state index in [4.69, 9.17) is 4.74 Å². The average Bonchev–Trinajstić information content (AvgIpc) is 3.26. The van der Waals surface area contributed by atoms with Crippen molar-refractivity contribution in [3.63, 3.8) is 0 Å². The maximum absolute atomic E-state index is 13.1. The van der Waals surface area contributed by atoms with Gasteiger partial charge in [0.1, 0.15) is 0 Å². The fourth-order valence-corrected chi connectivity index (χ4v) is 10.2. The number of hydrogen-bond donors (Lipinski definition) is 1. The minimum Gasteiger partial charge on any atom is -0.379 e. The molecule has 2 bridgehead atoms. The maximum atomic E-state index is 13.1. The fourth-order valence-electron chi connectivity index (χ4n) is 6.30. The van der Waals surface area contributed by atoms with E-state index < -0.39 is 0 Å². The van der Waals surface area contributed by atoms with E-state index in [1.807, 2.05) is 0 Å². The predicted octanol–water partition coefficient (Wildman–Crippen LogP) is 3.85. The second-order valence-corrected chi connectivity index (χ2v) is 12.1. The third kappa shape index (κ3) is 4.13. The van der Waals surface area contributed by atoms with Crippen LogP contribution in [-0.4, -0.2) is 65.3 Å². The highest BCUT2D eigenvalue weighted by Crippen LogP contribution is 2.65. The second-order valence-electron chi connectivity index (χ2n) is 9.10. The number of rotatable bonds is 7. The molecule has 4 nitrogen and oxygen atoms in total. The SMILES string of the molecule is CCC(CC)[C@@H](CNC(=O)C1C[C@H]2CC[C@@H](C1)C21SCCS1)N1CCOCC1. The van der Waals surface area contributed by atoms with Gasteiger partial charge in [-0.05, 0) is 43.4 Å². The summed E-state index contributed by atoms with van der Waals surface area (Å²) >= 11 is 4.44. The number of carbonyl (C=O) groups excluding carboxylic acids is 1. The Morgan fingerprint density at radius 2 is 1.71 bits per heavy atom. The Morgan fingerprint density at radius 1 is 1.11 bits per heavy atom. The Bertz CT molecular complexity index is 515. The molecule has 1 spiro atoms. The average molecular weight is 427 g/mol. The maximum Gasteiger partial charge on any atom is 0.223 e. The molecule has 0 radical (unpaired) electrons. The molecular weight excluding hydrogens is 388 g/mol. The lowest BCUT2D eigenvalue weighted by molar-refractivity contribution is -0.127. The number of nitrogens with zero attached hydrogens (tertiary/aromatic N) is 1. The van der Waals surface area contributed by atoms with Gasteiger partial charge in [-0.3, -0.25) is 9.69 Å². The number of thioether (sulfide) groups is 2. The van der Waals surface area contributed by atoms with Crippen molar-refractivity contribution < 1.29 is 9.53 Å². The smallest absolute Gasteiger partial charge is 0.223 e. The quantitative estimate of drug-likeness (QED) is 0.670. The Balaban J connectivity index is 1.35. The van der Waals surface area contributed by atoms with E-state index in [1.54, 1.807) is 0 Å². The number of amides is 1. The summed E-state index contributed by atoms with van der Waals surface area (Å²) in [5.74, 6) is 5.37. The first-order valence-corrected chi connectivity index (χ1v) is 13.5. The third-order valence-electron chi connectivity index (χ3n) is 7.84. The molecule has 4 aliphatic rings. The van der Waals surface area contributed by atoms with Gasteiger partial charge in [0.15, 0.2) is 0 Å². The summed E-state index contributed by atoms with van der Waals surface area (Å²) in [6.45, 7) is 9.05. The predicted molar refractivity (Wildman–Crippen MR) is 120 cm³/mol. The molecular formula is C22H38N2O2S2. The molecule has 4 atom stereocenters. The van der Waals surface area contributed by atoms with E-state index in [9.17, 15) is 4.79 Å². The normalized spacial score (nSPS) is 33.5. The van der Waals surface area contributed by atoms with Crippen molar-refractivity contribution in [3.05, 3.63) is 0 Å². The van der Waals surface area contributed by atoms with Crippen LogP contribution in [0.25, 0.3) is 0 Å². The summed E-state index contributed by atoms with van der Waals surface area (Å²) in [4.78, 5) is 15.7. The van der Waals surface area contributed by atoms with Gasteiger partial charge in [0.2, 0.25) is 5.91 Å². The lowest BCUT2D eigenvalue weighted by Crippen LogP contribution is -2.53. The van der Waals surface area contributed by atoms with Crippen LogP contribution in [0, 0.1) is 23.7 Å². The molecule has 4 rings (SSSR count). The van der Waals surface area contributed by atoms with E-state index in [-0.39, 0.29) is 5.92 Å². The van der Waals surface area contributed by atoms with Gasteiger partial charge in [-0.25, -0.2) is 0 Å². The van der Waals surface area contributed by atoms with Crippen molar-refractivity contribution in [2.24, 2.45) is 23.7 Å². The molecule has 1 amide bonds. The lowest BCUT2D eigenvalue weighted by Gasteiger charge is -2.43. The molecule has 2 aliphatic heterocycles. The highest BCUT2D eigenvalue weighted by molar-refractivity contribution is 8.21. The van der Waals surface area contributed by atoms with Crippen LogP contribution < -0.4 is 5.32 Å². The van der Waals surface area contributed by atoms with Crippen LogP contribution in [0.5, 0.6) is 0 Å². The van der Waals surface area contributed by atoms with E-state index in [2.05, 4.69) is 47.6 Å². The van der Waals surface area contributed by atoms with Crippen molar-refractivity contribution in [2.45, 2.75) is 62.5 Å². The van der Waals surface area contributed by atoms with Crippen LogP contribution in [0.1, 0.15) is 52.4 Å². The van der Waals surface area contributed by atoms with Gasteiger partial charge in [-0.1, -0.05) is 26.7 Å². The standard InChI is InChI=1S/C22H38N2O2S2/c1-3-16(4-2)20(24-7-9-26-10-8-24)15-23-21(25)17-13-18-5-6-19(14-17)22(18)27-11-12-28-22/h16-20H,3-15H2,1-2H3,(H,23,25)/t17?,18-,19+,20-/m1/s1. The van der Waals surface area contributed by atoms with Crippen molar-refractivity contribution in [1.82, 2.24) is 10.2 Å². The number of hydrogen-bond acceptors (Lipinski definition) is 5. The summed E-state index contributed by atoms with van der Waals surface area (Å²) in [6.07, 6.45) is 7.29. The molecule has 28 heavy (non-hydrogen) atoms. The monoisotopic (exact) mass is 426 g/mol. The van der Waals surface area contributed by atoms with Crippen LogP contribution >= 0.6 is 23.5 Å². The molecule has 4 fully saturated rings. The largest absolute Gasteiger partial charge is 0.379 e. The number of nitrogens with one attached hydrogen (secondary N) is 1. The Morgan fingerprint density at radius 3 is 2.29 bits per heavy atom. The van der Waals surface area contributed by atoms with Crippen LogP contribution in [0.3, 0.4) is 0 Å². The van der Waals surface area contributed by atoms with Crippen molar-refractivity contribution in [3.8, 4) is 0 Å². The number of ether oxygens (including phenoxy) is 1. The van der Waals surface area contributed by atoms with Gasteiger partial charge in [0, 0.05) is 43.1 Å². The highest BCUT2D eigenvalue weighted by Gasteiger charge is 2.57. The minimum absolute atomic E-state index is 0.247. The van der Waals surface area contributed by atoms with Crippen molar-refractivity contribution in [1.29, 1.82) is 0 Å². The van der Waals surface area contributed by atoms with Crippen LogP contribution in [0.15, 0.2) is 0 Å². The van der Waals surface area contributed by atoms with Gasteiger partial charge in [0.25, 0.3) is 0 Å². The molecule has 2 heterocycles. The van der Waals surface area contributed by atoms with Crippen LogP contribution in [0.2, 0.25) is 0 Å². The Hall–Kier alpha value is 0.0900. The molecule has 2 saturated carbocycles. The van der Waals surface area contributed by atoms with E-state index >= 15 is 0 Å². The molecule has 0 aromatic rings. The van der Waals surface area contributed by atoms with Gasteiger partial charge in [-0.15, -0.1) is 23.5 Å². The Kier molecular flexibility index (Phi) is 7.23. The van der Waals surface area contributed by atoms with Crippen molar-refractivity contribution in [2.75, 3.05) is 44.4 Å². The number of morpholine rings is 1. The van der Waals surface area contributed by atoms with E-state index in [0.29, 0.717) is 21.9 Å². The molecule has 0 aromatic carbocycles. The fraction of sp³-hybridized carbons (Fsp3) is 0.955. The molecule has 1 N–H and O–H groups in total. The second kappa shape index (κ2) is 9.49. The van der Waals surface area contributed by atoms with Gasteiger partial charge < -0.3 is 10.1 Å². The van der Waals surface area contributed by atoms with Gasteiger partial charge >= 0.3 is 0 Å². The van der Waals surface area contributed by atoms with Gasteiger partial charge in [0.05, 0.1) is 17.3 Å². The zero-order chi connectivity index (χ0) is 19.6. The van der Waals surface area contributed by atoms with E-state index in [0.717, 1.165) is 57.5 Å². The minimum atomic E-state index is 0.247. The highest BCUT2D eigenvalue weighted by atomic mass is 32.2. The summed E-state index contributed by atoms with van der Waals surface area (Å²) < 4.78 is 6.04. The molecule has 2 saturated heterocycles.